The van der Waals surface area contributed by atoms with Crippen molar-refractivity contribution in [3.8, 4) is 17.2 Å². The summed E-state index contributed by atoms with van der Waals surface area (Å²) in [6.45, 7) is 3.05. The molecule has 31 heavy (non-hydrogen) atoms. The predicted molar refractivity (Wildman–Crippen MR) is 126 cm³/mol. The summed E-state index contributed by atoms with van der Waals surface area (Å²) in [4.78, 5) is 4.36. The number of methoxy groups -OCH3 is 2. The average Bonchev–Trinajstić information content (AvgIpc) is 2.75. The van der Waals surface area contributed by atoms with E-state index in [9.17, 15) is 13.9 Å². The molecule has 0 amide bonds. The minimum absolute atomic E-state index is 0. The number of ether oxygens (including phenoxy) is 3. The predicted octanol–water partition coefficient (Wildman–Crippen LogP) is 3.27. The number of hydrogen-bond acceptors (Lipinski definition) is 5. The Morgan fingerprint density at radius 2 is 1.81 bits per heavy atom. The lowest BCUT2D eigenvalue weighted by atomic mass is 10.1. The van der Waals surface area contributed by atoms with E-state index in [0.717, 1.165) is 12.1 Å². The van der Waals surface area contributed by atoms with Crippen LogP contribution in [0.15, 0.2) is 41.4 Å². The minimum Gasteiger partial charge on any atom is -0.497 e. The smallest absolute Gasteiger partial charge is 0.191 e. The number of hydrogen-bond donors (Lipinski definition) is 3. The normalized spacial score (nSPS) is 11.9. The molecule has 7 nitrogen and oxygen atoms in total. The minimum atomic E-state index is -0.907. The van der Waals surface area contributed by atoms with Crippen LogP contribution < -0.4 is 24.8 Å². The summed E-state index contributed by atoms with van der Waals surface area (Å²) in [5, 5.41) is 16.6. The fourth-order valence-corrected chi connectivity index (χ4v) is 2.64. The number of aliphatic hydroxyl groups excluding tert-OH is 1. The zero-order valence-electron chi connectivity index (χ0n) is 17.7. The zero-order chi connectivity index (χ0) is 21.9. The van der Waals surface area contributed by atoms with E-state index in [1.54, 1.807) is 25.3 Å². The topological polar surface area (TPSA) is 84.3 Å². The van der Waals surface area contributed by atoms with Crippen LogP contribution in [0.5, 0.6) is 17.2 Å². The van der Waals surface area contributed by atoms with Gasteiger partial charge in [0.2, 0.25) is 0 Å². The summed E-state index contributed by atoms with van der Waals surface area (Å²) in [7, 11) is 3.07. The molecule has 2 aromatic carbocycles. The first-order valence-electron chi connectivity index (χ1n) is 9.48. The van der Waals surface area contributed by atoms with Crippen LogP contribution in [0.2, 0.25) is 0 Å². The van der Waals surface area contributed by atoms with Crippen molar-refractivity contribution in [2.24, 2.45) is 4.99 Å². The second-order valence-corrected chi connectivity index (χ2v) is 6.19. The molecule has 2 aromatic rings. The average molecular weight is 551 g/mol. The van der Waals surface area contributed by atoms with Crippen molar-refractivity contribution >= 4 is 29.9 Å². The van der Waals surface area contributed by atoms with Crippen LogP contribution in [-0.2, 0) is 0 Å². The molecule has 10 heteroatoms. The molecule has 0 spiro atoms. The molecule has 1 atom stereocenters. The summed E-state index contributed by atoms with van der Waals surface area (Å²) in [5.74, 6) is 0.147. The van der Waals surface area contributed by atoms with Crippen LogP contribution in [0, 0.1) is 11.6 Å². The molecular weight excluding hydrogens is 523 g/mol. The van der Waals surface area contributed by atoms with Gasteiger partial charge in [0.15, 0.2) is 17.5 Å². The molecule has 0 saturated heterocycles. The monoisotopic (exact) mass is 551 g/mol. The first-order valence-corrected chi connectivity index (χ1v) is 9.48. The van der Waals surface area contributed by atoms with E-state index in [0.29, 0.717) is 36.1 Å². The number of nitrogens with one attached hydrogen (secondary N) is 2. The molecular formula is C21H28F2IN3O4. The molecule has 0 fully saturated rings. The Balaban J connectivity index is 0.00000480. The molecule has 0 heterocycles. The van der Waals surface area contributed by atoms with Crippen molar-refractivity contribution in [2.75, 3.05) is 40.5 Å². The Bertz CT molecular complexity index is 855. The molecule has 0 radical (unpaired) electrons. The van der Waals surface area contributed by atoms with Crippen LogP contribution in [0.25, 0.3) is 0 Å². The first-order chi connectivity index (χ1) is 14.5. The Hall–Kier alpha value is -2.34. The molecule has 0 aliphatic rings. The highest BCUT2D eigenvalue weighted by molar-refractivity contribution is 14.0. The lowest BCUT2D eigenvalue weighted by Crippen LogP contribution is -2.39. The van der Waals surface area contributed by atoms with Gasteiger partial charge < -0.3 is 30.0 Å². The number of guanidine groups is 1. The summed E-state index contributed by atoms with van der Waals surface area (Å²) in [6, 6.07) is 8.30. The molecule has 0 saturated carbocycles. The van der Waals surface area contributed by atoms with Gasteiger partial charge in [0, 0.05) is 18.2 Å². The second kappa shape index (κ2) is 13.9. The van der Waals surface area contributed by atoms with Gasteiger partial charge in [0.1, 0.15) is 30.0 Å². The van der Waals surface area contributed by atoms with Crippen molar-refractivity contribution in [1.82, 2.24) is 10.6 Å². The highest BCUT2D eigenvalue weighted by Crippen LogP contribution is 2.29. The number of benzene rings is 2. The molecule has 0 aliphatic heterocycles. The third-order valence-corrected chi connectivity index (χ3v) is 4.11. The second-order valence-electron chi connectivity index (χ2n) is 6.19. The van der Waals surface area contributed by atoms with Gasteiger partial charge in [-0.05, 0) is 37.3 Å². The number of aliphatic hydroxyl groups is 1. The molecule has 2 rings (SSSR count). The number of halogens is 3. The summed E-state index contributed by atoms with van der Waals surface area (Å²) < 4.78 is 42.3. The van der Waals surface area contributed by atoms with E-state index in [2.05, 4.69) is 15.6 Å². The van der Waals surface area contributed by atoms with Crippen molar-refractivity contribution in [1.29, 1.82) is 0 Å². The third kappa shape index (κ3) is 8.37. The van der Waals surface area contributed by atoms with Crippen LogP contribution in [0.1, 0.15) is 18.6 Å². The van der Waals surface area contributed by atoms with Gasteiger partial charge in [-0.2, -0.15) is 0 Å². The Kier molecular flexibility index (Phi) is 11.9. The Labute approximate surface area is 197 Å². The lowest BCUT2D eigenvalue weighted by molar-refractivity contribution is 0.182. The molecule has 0 bridgehead atoms. The van der Waals surface area contributed by atoms with E-state index in [4.69, 9.17) is 14.2 Å². The van der Waals surface area contributed by atoms with Crippen LogP contribution >= 0.6 is 24.0 Å². The zero-order valence-corrected chi connectivity index (χ0v) is 20.0. The maximum Gasteiger partial charge on any atom is 0.191 e. The van der Waals surface area contributed by atoms with Gasteiger partial charge in [-0.15, -0.1) is 24.0 Å². The van der Waals surface area contributed by atoms with E-state index < -0.39 is 17.7 Å². The van der Waals surface area contributed by atoms with Gasteiger partial charge in [-0.1, -0.05) is 0 Å². The fraction of sp³-hybridized carbons (Fsp3) is 0.381. The van der Waals surface area contributed by atoms with Gasteiger partial charge in [0.05, 0.1) is 27.3 Å². The maximum absolute atomic E-state index is 13.6. The quantitative estimate of drug-likeness (QED) is 0.182. The van der Waals surface area contributed by atoms with E-state index >= 15 is 0 Å². The van der Waals surface area contributed by atoms with Crippen molar-refractivity contribution in [3.05, 3.63) is 53.6 Å². The van der Waals surface area contributed by atoms with Gasteiger partial charge in [-0.25, -0.2) is 8.78 Å². The van der Waals surface area contributed by atoms with E-state index in [1.165, 1.54) is 13.2 Å². The molecule has 3 N–H and O–H groups in total. The maximum atomic E-state index is 13.6. The first kappa shape index (κ1) is 26.7. The summed E-state index contributed by atoms with van der Waals surface area (Å²) in [6.07, 6.45) is -0.907. The standard InChI is InChI=1S/C21H27F2N3O4.HI/c1-4-24-21(25-9-10-30-20-7-5-14(22)11-17(20)23)26-13-18(27)16-12-15(28-2)6-8-19(16)29-3;/h5-8,11-12,18,27H,4,9-10,13H2,1-3H3,(H2,24,25,26);1H. The van der Waals surface area contributed by atoms with Crippen molar-refractivity contribution in [2.45, 2.75) is 13.0 Å². The van der Waals surface area contributed by atoms with Gasteiger partial charge >= 0.3 is 0 Å². The van der Waals surface area contributed by atoms with E-state index in [-0.39, 0.29) is 42.9 Å². The number of aliphatic imine (C=N–C) groups is 1. The van der Waals surface area contributed by atoms with Crippen molar-refractivity contribution < 1.29 is 28.1 Å². The summed E-state index contributed by atoms with van der Waals surface area (Å²) >= 11 is 0. The number of nitrogens with zero attached hydrogens (tertiary/aromatic N) is 1. The third-order valence-electron chi connectivity index (χ3n) is 4.11. The van der Waals surface area contributed by atoms with E-state index in [1.807, 2.05) is 6.92 Å². The van der Waals surface area contributed by atoms with Crippen molar-refractivity contribution in [3.63, 3.8) is 0 Å². The van der Waals surface area contributed by atoms with Crippen LogP contribution in [-0.4, -0.2) is 51.5 Å². The van der Waals surface area contributed by atoms with Gasteiger partial charge in [0.25, 0.3) is 0 Å². The molecule has 172 valence electrons. The molecule has 0 aliphatic carbocycles. The largest absolute Gasteiger partial charge is 0.497 e. The number of rotatable bonds is 10. The van der Waals surface area contributed by atoms with Crippen LogP contribution in [0.3, 0.4) is 0 Å². The molecule has 1 unspecified atom stereocenters. The molecule has 0 aromatic heterocycles. The Morgan fingerprint density at radius 1 is 1.06 bits per heavy atom. The highest BCUT2D eigenvalue weighted by Gasteiger charge is 2.15. The Morgan fingerprint density at radius 3 is 2.45 bits per heavy atom. The summed E-state index contributed by atoms with van der Waals surface area (Å²) in [5.41, 5.74) is 0.562. The lowest BCUT2D eigenvalue weighted by Gasteiger charge is -2.16. The van der Waals surface area contributed by atoms with Gasteiger partial charge in [-0.3, -0.25) is 4.99 Å². The highest BCUT2D eigenvalue weighted by atomic mass is 127. The fourth-order valence-electron chi connectivity index (χ4n) is 2.64. The van der Waals surface area contributed by atoms with Crippen LogP contribution in [0.4, 0.5) is 8.78 Å². The SMILES string of the molecule is CCNC(=NCC(O)c1cc(OC)ccc1OC)NCCOc1ccc(F)cc1F.I.